The van der Waals surface area contributed by atoms with E-state index in [0.717, 1.165) is 11.1 Å². The van der Waals surface area contributed by atoms with Gasteiger partial charge in [-0.25, -0.2) is 0 Å². The van der Waals surface area contributed by atoms with Gasteiger partial charge in [0, 0.05) is 0 Å². The topological polar surface area (TPSA) is 13.1 Å². The second-order valence-electron chi connectivity index (χ2n) is 3.34. The van der Waals surface area contributed by atoms with E-state index in [1.54, 1.807) is 0 Å². The summed E-state index contributed by atoms with van der Waals surface area (Å²) in [4.78, 5) is 0. The van der Waals surface area contributed by atoms with Crippen molar-refractivity contribution in [1.29, 1.82) is 0 Å². The minimum Gasteiger partial charge on any atom is -0.471 e. The van der Waals surface area contributed by atoms with Crippen LogP contribution in [0.25, 0.3) is 0 Å². The highest BCUT2D eigenvalue weighted by atomic mass is 28.3. The van der Waals surface area contributed by atoms with E-state index >= 15 is 0 Å². The summed E-state index contributed by atoms with van der Waals surface area (Å²) in [5.74, 6) is 0.988. The van der Waals surface area contributed by atoms with Crippen LogP contribution in [-0.2, 0) is 0 Å². The molecule has 1 heterocycles. The van der Waals surface area contributed by atoms with Gasteiger partial charge in [-0.1, -0.05) is 18.8 Å². The fraction of sp³-hybridized carbons (Fsp3) is 0.333. The third-order valence-corrected chi connectivity index (χ3v) is 4.45. The Balaban J connectivity index is 3.01. The zero-order valence-corrected chi connectivity index (χ0v) is 8.35. The van der Waals surface area contributed by atoms with Gasteiger partial charge in [-0.2, -0.15) is 0 Å². The van der Waals surface area contributed by atoms with Crippen molar-refractivity contribution in [3.05, 3.63) is 30.2 Å². The van der Waals surface area contributed by atoms with Crippen molar-refractivity contribution >= 4 is 13.5 Å². The van der Waals surface area contributed by atoms with E-state index < -0.39 is 8.07 Å². The largest absolute Gasteiger partial charge is 0.471 e. The molecule has 1 nitrogen and oxygen atoms in total. The molecule has 0 bridgehead atoms. The van der Waals surface area contributed by atoms with E-state index in [1.807, 2.05) is 18.7 Å². The quantitative estimate of drug-likeness (QED) is 0.614. The van der Waals surface area contributed by atoms with Crippen molar-refractivity contribution in [3.63, 3.8) is 0 Å². The molecule has 0 unspecified atom stereocenters. The molecule has 1 aromatic heterocycles. The molecule has 0 N–H and O–H groups in total. The van der Waals surface area contributed by atoms with E-state index in [1.165, 1.54) is 0 Å². The molecule has 0 saturated heterocycles. The zero-order chi connectivity index (χ0) is 8.48. The SMILES string of the molecule is C=C[Si](C)(C)c1ccc(C)o1. The molecule has 0 amide bonds. The molecule has 1 rings (SSSR count). The second-order valence-corrected chi connectivity index (χ2v) is 7.68. The van der Waals surface area contributed by atoms with E-state index in [-0.39, 0.29) is 0 Å². The van der Waals surface area contributed by atoms with Gasteiger partial charge in [-0.05, 0) is 19.1 Å². The molecule has 11 heavy (non-hydrogen) atoms. The lowest BCUT2D eigenvalue weighted by Gasteiger charge is -2.12. The summed E-state index contributed by atoms with van der Waals surface area (Å²) in [6, 6.07) is 4.07. The summed E-state index contributed by atoms with van der Waals surface area (Å²) in [7, 11) is -1.44. The summed E-state index contributed by atoms with van der Waals surface area (Å²) >= 11 is 0. The summed E-state index contributed by atoms with van der Waals surface area (Å²) in [5, 5.41) is 1.12. The predicted molar refractivity (Wildman–Crippen MR) is 50.8 cm³/mol. The van der Waals surface area contributed by atoms with Crippen LogP contribution in [0.3, 0.4) is 0 Å². The Morgan fingerprint density at radius 2 is 2.09 bits per heavy atom. The number of hydrogen-bond acceptors (Lipinski definition) is 1. The molecule has 0 atom stereocenters. The Hall–Kier alpha value is -0.763. The summed E-state index contributed by atoms with van der Waals surface area (Å²) in [5.41, 5.74) is 2.03. The van der Waals surface area contributed by atoms with Crippen molar-refractivity contribution in [3.8, 4) is 0 Å². The van der Waals surface area contributed by atoms with Gasteiger partial charge in [0.05, 0.1) is 11.1 Å². The van der Waals surface area contributed by atoms with Crippen LogP contribution in [0, 0.1) is 6.92 Å². The van der Waals surface area contributed by atoms with Crippen LogP contribution in [-0.4, -0.2) is 8.07 Å². The number of furan rings is 1. The normalized spacial score (nSPS) is 11.5. The molecular weight excluding hydrogens is 152 g/mol. The number of aryl methyl sites for hydroxylation is 1. The molecule has 0 radical (unpaired) electrons. The number of rotatable bonds is 2. The van der Waals surface area contributed by atoms with Crippen LogP contribution in [0.1, 0.15) is 5.76 Å². The third kappa shape index (κ3) is 1.63. The highest BCUT2D eigenvalue weighted by molar-refractivity contribution is 6.92. The third-order valence-electron chi connectivity index (χ3n) is 1.89. The fourth-order valence-electron chi connectivity index (χ4n) is 0.881. The maximum atomic E-state index is 5.53. The van der Waals surface area contributed by atoms with Crippen molar-refractivity contribution in [1.82, 2.24) is 0 Å². The van der Waals surface area contributed by atoms with Crippen molar-refractivity contribution in [2.45, 2.75) is 20.0 Å². The maximum Gasteiger partial charge on any atom is 0.148 e. The maximum absolute atomic E-state index is 5.53. The van der Waals surface area contributed by atoms with Crippen LogP contribution >= 0.6 is 0 Å². The smallest absolute Gasteiger partial charge is 0.148 e. The van der Waals surface area contributed by atoms with Gasteiger partial charge in [0.15, 0.2) is 0 Å². The highest BCUT2D eigenvalue weighted by Gasteiger charge is 2.22. The summed E-state index contributed by atoms with van der Waals surface area (Å²) < 4.78 is 5.53. The molecule has 0 aliphatic rings. The van der Waals surface area contributed by atoms with Crippen LogP contribution in [0.5, 0.6) is 0 Å². The highest BCUT2D eigenvalue weighted by Crippen LogP contribution is 2.06. The Morgan fingerprint density at radius 1 is 1.45 bits per heavy atom. The monoisotopic (exact) mass is 166 g/mol. The van der Waals surface area contributed by atoms with E-state index in [2.05, 4.69) is 25.7 Å². The first-order valence-electron chi connectivity index (χ1n) is 3.77. The molecule has 0 saturated carbocycles. The summed E-state index contributed by atoms with van der Waals surface area (Å²) in [6.45, 7) is 10.2. The van der Waals surface area contributed by atoms with E-state index in [9.17, 15) is 0 Å². The first-order valence-corrected chi connectivity index (χ1v) is 6.84. The Bertz CT molecular complexity index is 260. The van der Waals surface area contributed by atoms with Gasteiger partial charge in [-0.15, -0.1) is 6.58 Å². The van der Waals surface area contributed by atoms with Gasteiger partial charge < -0.3 is 4.42 Å². The van der Waals surface area contributed by atoms with Crippen LogP contribution in [0.15, 0.2) is 28.8 Å². The van der Waals surface area contributed by atoms with Gasteiger partial charge in [0.25, 0.3) is 0 Å². The molecular formula is C9H14OSi. The Morgan fingerprint density at radius 3 is 2.45 bits per heavy atom. The summed E-state index contributed by atoms with van der Waals surface area (Å²) in [6.07, 6.45) is 0. The molecule has 0 aliphatic carbocycles. The first kappa shape index (κ1) is 8.33. The standard InChI is InChI=1S/C9H14OSi/c1-5-11(3,4)9-7-6-8(2)10-9/h5-7H,1H2,2-4H3. The van der Waals surface area contributed by atoms with Crippen molar-refractivity contribution < 1.29 is 4.42 Å². The number of hydrogen-bond donors (Lipinski definition) is 0. The minimum atomic E-state index is -1.44. The fourth-order valence-corrected chi connectivity index (χ4v) is 2.02. The van der Waals surface area contributed by atoms with Crippen LogP contribution in [0.4, 0.5) is 0 Å². The molecule has 1 aromatic rings. The minimum absolute atomic E-state index is 0.988. The average molecular weight is 166 g/mol. The molecule has 0 fully saturated rings. The Labute approximate surface area is 68.7 Å². The first-order chi connectivity index (χ1) is 5.06. The Kier molecular flexibility index (Phi) is 2.05. The van der Waals surface area contributed by atoms with E-state index in [0.29, 0.717) is 0 Å². The van der Waals surface area contributed by atoms with Crippen molar-refractivity contribution in [2.24, 2.45) is 0 Å². The molecule has 0 aromatic carbocycles. The van der Waals surface area contributed by atoms with Gasteiger partial charge >= 0.3 is 0 Å². The molecule has 0 spiro atoms. The van der Waals surface area contributed by atoms with Gasteiger partial charge in [-0.3, -0.25) is 0 Å². The second kappa shape index (κ2) is 2.70. The lowest BCUT2D eigenvalue weighted by atomic mass is 10.5. The average Bonchev–Trinajstić information content (AvgIpc) is 2.36. The molecule has 0 aliphatic heterocycles. The van der Waals surface area contributed by atoms with E-state index in [4.69, 9.17) is 4.42 Å². The molecule has 60 valence electrons. The molecule has 2 heteroatoms. The van der Waals surface area contributed by atoms with Gasteiger partial charge in [0.2, 0.25) is 0 Å². The lowest BCUT2D eigenvalue weighted by molar-refractivity contribution is 0.562. The zero-order valence-electron chi connectivity index (χ0n) is 7.35. The van der Waals surface area contributed by atoms with Gasteiger partial charge in [0.1, 0.15) is 8.07 Å². The van der Waals surface area contributed by atoms with Crippen LogP contribution in [0.2, 0.25) is 13.1 Å². The lowest BCUT2D eigenvalue weighted by Crippen LogP contribution is -2.38. The van der Waals surface area contributed by atoms with Crippen molar-refractivity contribution in [2.75, 3.05) is 0 Å². The van der Waals surface area contributed by atoms with Crippen LogP contribution < -0.4 is 5.38 Å². The predicted octanol–water partition coefficient (Wildman–Crippen LogP) is 2.23.